The summed E-state index contributed by atoms with van der Waals surface area (Å²) in [6.45, 7) is 1.70. The molecule has 2 heterocycles. The van der Waals surface area contributed by atoms with Crippen LogP contribution in [0.3, 0.4) is 0 Å². The molecule has 1 aromatic heterocycles. The smallest absolute Gasteiger partial charge is 0.357 e. The first kappa shape index (κ1) is 19.5. The number of rotatable bonds is 5. The Bertz CT molecular complexity index is 955. The second-order valence-corrected chi connectivity index (χ2v) is 7.27. The van der Waals surface area contributed by atoms with Gasteiger partial charge in [0.25, 0.3) is 5.91 Å². The van der Waals surface area contributed by atoms with Gasteiger partial charge >= 0.3 is 5.97 Å². The first-order valence-electron chi connectivity index (χ1n) is 8.45. The maximum Gasteiger partial charge on any atom is 0.357 e. The van der Waals surface area contributed by atoms with Gasteiger partial charge in [-0.2, -0.15) is 0 Å². The van der Waals surface area contributed by atoms with Crippen LogP contribution in [-0.4, -0.2) is 41.8 Å². The van der Waals surface area contributed by atoms with Crippen molar-refractivity contribution in [3.63, 3.8) is 0 Å². The van der Waals surface area contributed by atoms with E-state index in [2.05, 4.69) is 25.7 Å². The Labute approximate surface area is 164 Å². The van der Waals surface area contributed by atoms with E-state index in [0.29, 0.717) is 16.1 Å². The monoisotopic (exact) mass is 402 g/mol. The highest BCUT2D eigenvalue weighted by Gasteiger charge is 2.28. The number of anilines is 2. The van der Waals surface area contributed by atoms with Crippen LogP contribution in [0.4, 0.5) is 10.8 Å². The fraction of sp³-hybridized carbons (Fsp3) is 0.278. The fourth-order valence-corrected chi connectivity index (χ4v) is 3.53. The Hall–Kier alpha value is -3.27. The lowest BCUT2D eigenvalue weighted by Gasteiger charge is -2.13. The van der Waals surface area contributed by atoms with Gasteiger partial charge in [-0.15, -0.1) is 11.3 Å². The van der Waals surface area contributed by atoms with Crippen LogP contribution in [0.1, 0.15) is 38.6 Å². The third-order valence-corrected chi connectivity index (χ3v) is 5.02. The van der Waals surface area contributed by atoms with Crippen LogP contribution in [0, 0.1) is 6.92 Å². The number of para-hydroxylation sites is 1. The van der Waals surface area contributed by atoms with E-state index in [1.165, 1.54) is 7.11 Å². The third kappa shape index (κ3) is 4.17. The van der Waals surface area contributed by atoms with Gasteiger partial charge in [0, 0.05) is 11.3 Å². The molecule has 0 aliphatic carbocycles. The number of thiazole rings is 1. The van der Waals surface area contributed by atoms with Crippen molar-refractivity contribution in [2.24, 2.45) is 0 Å². The van der Waals surface area contributed by atoms with Crippen molar-refractivity contribution >= 4 is 45.8 Å². The highest BCUT2D eigenvalue weighted by molar-refractivity contribution is 7.16. The number of hydrogen-bond acceptors (Lipinski definition) is 7. The molecular formula is C18H18N4O5S. The first-order valence-corrected chi connectivity index (χ1v) is 9.27. The summed E-state index contributed by atoms with van der Waals surface area (Å²) in [4.78, 5) is 53.1. The summed E-state index contributed by atoms with van der Waals surface area (Å²) in [5.74, 6) is -1.72. The van der Waals surface area contributed by atoms with Crippen LogP contribution < -0.4 is 16.0 Å². The molecule has 0 saturated carbocycles. The SMILES string of the molecule is COC(=O)c1nc(NC(=O)CC[C@@H]2NC(=O)c3ccccc3NC2=O)sc1C. The van der Waals surface area contributed by atoms with Crippen molar-refractivity contribution in [2.75, 3.05) is 17.7 Å². The van der Waals surface area contributed by atoms with Crippen LogP contribution >= 0.6 is 11.3 Å². The molecule has 146 valence electrons. The van der Waals surface area contributed by atoms with Gasteiger partial charge in [-0.1, -0.05) is 12.1 Å². The van der Waals surface area contributed by atoms with Gasteiger partial charge in [0.05, 0.1) is 18.4 Å². The number of esters is 1. The molecule has 28 heavy (non-hydrogen) atoms. The molecule has 1 aliphatic rings. The summed E-state index contributed by atoms with van der Waals surface area (Å²) >= 11 is 1.15. The van der Waals surface area contributed by atoms with E-state index >= 15 is 0 Å². The number of carbonyl (C=O) groups excluding carboxylic acids is 4. The van der Waals surface area contributed by atoms with Crippen molar-refractivity contribution in [1.82, 2.24) is 10.3 Å². The van der Waals surface area contributed by atoms with Crippen LogP contribution in [0.2, 0.25) is 0 Å². The van der Waals surface area contributed by atoms with Gasteiger partial charge in [0.2, 0.25) is 11.8 Å². The molecular weight excluding hydrogens is 384 g/mol. The van der Waals surface area contributed by atoms with E-state index < -0.39 is 12.0 Å². The topological polar surface area (TPSA) is 126 Å². The van der Waals surface area contributed by atoms with Gasteiger partial charge in [-0.05, 0) is 25.5 Å². The summed E-state index contributed by atoms with van der Waals surface area (Å²) in [5.41, 5.74) is 0.956. The van der Waals surface area contributed by atoms with E-state index in [1.807, 2.05) is 0 Å². The zero-order valence-corrected chi connectivity index (χ0v) is 16.0. The van der Waals surface area contributed by atoms with E-state index in [-0.39, 0.29) is 41.4 Å². The maximum atomic E-state index is 12.3. The van der Waals surface area contributed by atoms with Crippen LogP contribution in [-0.2, 0) is 14.3 Å². The second kappa shape index (κ2) is 8.17. The lowest BCUT2D eigenvalue weighted by molar-refractivity contribution is -0.118. The molecule has 0 radical (unpaired) electrons. The minimum absolute atomic E-state index is 0.0130. The van der Waals surface area contributed by atoms with Crippen molar-refractivity contribution in [1.29, 1.82) is 0 Å². The average molecular weight is 402 g/mol. The number of carbonyl (C=O) groups is 4. The van der Waals surface area contributed by atoms with E-state index in [0.717, 1.165) is 11.3 Å². The molecule has 10 heteroatoms. The molecule has 0 spiro atoms. The van der Waals surface area contributed by atoms with Gasteiger partial charge in [-0.25, -0.2) is 9.78 Å². The minimum atomic E-state index is -0.839. The van der Waals surface area contributed by atoms with Gasteiger partial charge in [0.1, 0.15) is 6.04 Å². The number of aromatic nitrogens is 1. The Kier molecular flexibility index (Phi) is 5.69. The Balaban J connectivity index is 1.60. The molecule has 1 atom stereocenters. The summed E-state index contributed by atoms with van der Waals surface area (Å²) in [6, 6.07) is 5.85. The summed E-state index contributed by atoms with van der Waals surface area (Å²) < 4.78 is 4.63. The quantitative estimate of drug-likeness (QED) is 0.654. The molecule has 0 fully saturated rings. The van der Waals surface area contributed by atoms with Crippen molar-refractivity contribution in [3.8, 4) is 0 Å². The largest absolute Gasteiger partial charge is 0.464 e. The van der Waals surface area contributed by atoms with E-state index in [1.54, 1.807) is 31.2 Å². The summed E-state index contributed by atoms with van der Waals surface area (Å²) in [6.07, 6.45) is 0.104. The highest BCUT2D eigenvalue weighted by atomic mass is 32.1. The molecule has 1 aromatic carbocycles. The molecule has 2 aromatic rings. The van der Waals surface area contributed by atoms with Gasteiger partial charge in [-0.3, -0.25) is 14.4 Å². The lowest BCUT2D eigenvalue weighted by atomic mass is 10.1. The van der Waals surface area contributed by atoms with Crippen LogP contribution in [0.25, 0.3) is 0 Å². The number of nitrogens with zero attached hydrogens (tertiary/aromatic N) is 1. The number of amides is 3. The number of aryl methyl sites for hydroxylation is 1. The molecule has 3 amide bonds. The number of ether oxygens (including phenoxy) is 1. The van der Waals surface area contributed by atoms with Crippen LogP contribution in [0.15, 0.2) is 24.3 Å². The number of hydrogen-bond donors (Lipinski definition) is 3. The van der Waals surface area contributed by atoms with E-state index in [4.69, 9.17) is 0 Å². The Morgan fingerprint density at radius 2 is 2.04 bits per heavy atom. The van der Waals surface area contributed by atoms with Crippen LogP contribution in [0.5, 0.6) is 0 Å². The van der Waals surface area contributed by atoms with Crippen molar-refractivity contribution in [2.45, 2.75) is 25.8 Å². The third-order valence-electron chi connectivity index (χ3n) is 4.13. The fourth-order valence-electron chi connectivity index (χ4n) is 2.71. The molecule has 3 rings (SSSR count). The minimum Gasteiger partial charge on any atom is -0.464 e. The standard InChI is InChI=1S/C18H18N4O5S/c1-9-14(17(26)27-2)22-18(28-9)21-13(23)8-7-12-16(25)19-11-6-4-3-5-10(11)15(24)20-12/h3-6,12H,7-8H2,1-2H3,(H,19,25)(H,20,24)(H,21,22,23)/t12-/m0/s1. The predicted octanol–water partition coefficient (Wildman–Crippen LogP) is 1.71. The summed E-state index contributed by atoms with van der Waals surface area (Å²) in [7, 11) is 1.25. The first-order chi connectivity index (χ1) is 13.4. The Morgan fingerprint density at radius 3 is 2.79 bits per heavy atom. The molecule has 0 unspecified atom stereocenters. The van der Waals surface area contributed by atoms with Gasteiger partial charge in [0.15, 0.2) is 10.8 Å². The maximum absolute atomic E-state index is 12.3. The van der Waals surface area contributed by atoms with Crippen molar-refractivity contribution < 1.29 is 23.9 Å². The van der Waals surface area contributed by atoms with E-state index in [9.17, 15) is 19.2 Å². The molecule has 0 bridgehead atoms. The number of methoxy groups -OCH3 is 1. The molecule has 3 N–H and O–H groups in total. The number of fused-ring (bicyclic) bond motifs is 1. The zero-order chi connectivity index (χ0) is 20.3. The zero-order valence-electron chi connectivity index (χ0n) is 15.2. The number of benzene rings is 1. The molecule has 9 nitrogen and oxygen atoms in total. The molecule has 0 saturated heterocycles. The Morgan fingerprint density at radius 1 is 1.29 bits per heavy atom. The average Bonchev–Trinajstić information content (AvgIpc) is 2.98. The lowest BCUT2D eigenvalue weighted by Crippen LogP contribution is -2.41. The normalized spacial score (nSPS) is 15.7. The highest BCUT2D eigenvalue weighted by Crippen LogP contribution is 2.23. The van der Waals surface area contributed by atoms with Crippen molar-refractivity contribution in [3.05, 3.63) is 40.4 Å². The second-order valence-electron chi connectivity index (χ2n) is 6.06. The molecule has 1 aliphatic heterocycles. The summed E-state index contributed by atoms with van der Waals surface area (Å²) in [5, 5.41) is 8.19. The predicted molar refractivity (Wildman–Crippen MR) is 102 cm³/mol. The number of nitrogens with one attached hydrogen (secondary N) is 3. The van der Waals surface area contributed by atoms with Gasteiger partial charge < -0.3 is 20.7 Å².